The quantitative estimate of drug-likeness (QED) is 0.123. The van der Waals surface area contributed by atoms with Gasteiger partial charge in [0.05, 0.1) is 11.0 Å². The first-order chi connectivity index (χ1) is 30.0. The van der Waals surface area contributed by atoms with Crippen LogP contribution in [0.25, 0.3) is 99.3 Å². The summed E-state index contributed by atoms with van der Waals surface area (Å²) in [5, 5.41) is 4.92. The van der Waals surface area contributed by atoms with Gasteiger partial charge in [-0.1, -0.05) is 108 Å². The molecule has 7 heteroatoms. The zero-order chi connectivity index (χ0) is 41.0. The summed E-state index contributed by atoms with van der Waals surface area (Å²) in [6, 6.07) is 47.7. The average Bonchev–Trinajstić information content (AvgIpc) is 4.14. The fourth-order valence-electron chi connectivity index (χ4n) is 9.16. The van der Waals surface area contributed by atoms with Crippen LogP contribution in [0, 0.1) is 13.8 Å². The molecule has 4 aromatic carbocycles. The number of hydrogen-bond donors (Lipinski definition) is 1. The molecule has 0 fully saturated rings. The summed E-state index contributed by atoms with van der Waals surface area (Å²) < 4.78 is 4.54. The van der Waals surface area contributed by atoms with Crippen LogP contribution >= 0.6 is 0 Å². The minimum atomic E-state index is -1.46. The SMILES string of the molecule is Cc1cc(-c2cccc3cc[nH]c23)ccc1-c1c(-c2ccc(-c3cccc4cccnc34)cc2C)c(-c2ccc(-c3ccccn3)[n-]2)[si-](C)c1-c1ccc(C2=[N+]=CC=C2)nc1. The Balaban J connectivity index is 1.18. The number of rotatable bonds is 8. The molecule has 0 unspecified atom stereocenters. The van der Waals surface area contributed by atoms with E-state index in [4.69, 9.17) is 15.0 Å². The van der Waals surface area contributed by atoms with Gasteiger partial charge in [-0.15, -0.1) is 5.69 Å². The number of H-pyrrole nitrogens is 1. The lowest BCUT2D eigenvalue weighted by molar-refractivity contribution is 1.27. The van der Waals surface area contributed by atoms with Crippen LogP contribution in [-0.4, -0.2) is 40.3 Å². The zero-order valence-electron chi connectivity index (χ0n) is 34.0. The Labute approximate surface area is 355 Å². The van der Waals surface area contributed by atoms with Gasteiger partial charge in [-0.05, 0) is 99.6 Å². The minimum absolute atomic E-state index is 0.860. The van der Waals surface area contributed by atoms with Gasteiger partial charge in [0, 0.05) is 59.1 Å². The molecule has 0 atom stereocenters. The molecular formula is C54H39N6Si-. The first kappa shape index (κ1) is 36.4. The summed E-state index contributed by atoms with van der Waals surface area (Å²) in [5.74, 6) is 0. The summed E-state index contributed by atoms with van der Waals surface area (Å²) in [6.45, 7) is 6.92. The highest BCUT2D eigenvalue weighted by Crippen LogP contribution is 2.50. The number of benzene rings is 4. The molecule has 0 amide bonds. The van der Waals surface area contributed by atoms with Gasteiger partial charge in [0.1, 0.15) is 0 Å². The van der Waals surface area contributed by atoms with Crippen LogP contribution in [0.1, 0.15) is 16.8 Å². The van der Waals surface area contributed by atoms with Gasteiger partial charge in [0.2, 0.25) is 0 Å². The van der Waals surface area contributed by atoms with E-state index < -0.39 is 8.40 Å². The molecule has 11 rings (SSSR count). The fraction of sp³-hybridized carbons (Fsp3) is 0.0556. The van der Waals surface area contributed by atoms with Gasteiger partial charge >= 0.3 is 5.71 Å². The van der Waals surface area contributed by atoms with Crippen molar-refractivity contribution in [2.75, 3.05) is 0 Å². The Kier molecular flexibility index (Phi) is 8.85. The van der Waals surface area contributed by atoms with E-state index in [-0.39, 0.29) is 0 Å². The Bertz CT molecular complexity index is 3420. The van der Waals surface area contributed by atoms with E-state index in [0.29, 0.717) is 0 Å². The zero-order valence-corrected chi connectivity index (χ0v) is 35.0. The molecule has 0 bridgehead atoms. The van der Waals surface area contributed by atoms with Crippen molar-refractivity contribution in [2.45, 2.75) is 13.8 Å². The number of aromatic nitrogens is 5. The van der Waals surface area contributed by atoms with Crippen LogP contribution in [0.5, 0.6) is 0 Å². The Morgan fingerprint density at radius 3 is 2.03 bits per heavy atom. The molecule has 10 aromatic rings. The molecule has 0 radical (unpaired) electrons. The Morgan fingerprint density at radius 1 is 0.574 bits per heavy atom. The second-order valence-electron chi connectivity index (χ2n) is 15.7. The predicted octanol–water partition coefficient (Wildman–Crippen LogP) is 11.5. The van der Waals surface area contributed by atoms with Gasteiger partial charge < -0.3 is 9.97 Å². The summed E-state index contributed by atoms with van der Waals surface area (Å²) in [7, 11) is -1.46. The van der Waals surface area contributed by atoms with Crippen molar-refractivity contribution < 1.29 is 0 Å². The standard InChI is InChI=1S/C54H38N6Si/c1-33-30-38(43-14-7-11-36-25-29-58-52(36)43)17-20-40(33)49-50(41-21-18-37(31-34(41)2)42-13-6-10-35-12-8-28-57-51(35)42)54(48-24-23-47(60-48)45-15-4-5-26-55-45)61(3)53(49)39-19-22-46(59-32-39)44-16-9-27-56-44/h4-32H,1-3H3/q-2/p+1. The number of nitrogens with one attached hydrogen (secondary N) is 1. The normalized spacial score (nSPS) is 12.2. The monoisotopic (exact) mass is 799 g/mol. The lowest BCUT2D eigenvalue weighted by Gasteiger charge is -2.23. The maximum atomic E-state index is 5.36. The summed E-state index contributed by atoms with van der Waals surface area (Å²) in [6.07, 6.45) is 13.6. The molecule has 0 spiro atoms. The van der Waals surface area contributed by atoms with Crippen molar-refractivity contribution in [2.24, 2.45) is 6.55 Å². The van der Waals surface area contributed by atoms with Gasteiger partial charge in [-0.2, -0.15) is 17.4 Å². The summed E-state index contributed by atoms with van der Waals surface area (Å²) >= 11 is 0. The molecule has 7 heterocycles. The smallest absolute Gasteiger partial charge is 0.352 e. The van der Waals surface area contributed by atoms with Crippen LogP contribution in [0.2, 0.25) is 0 Å². The van der Waals surface area contributed by atoms with Gasteiger partial charge in [0.25, 0.3) is 6.21 Å². The van der Waals surface area contributed by atoms with Gasteiger partial charge in [-0.3, -0.25) is 18.4 Å². The van der Waals surface area contributed by atoms with Crippen LogP contribution in [-0.2, 0) is 6.55 Å². The number of hydrogen-bond acceptors (Lipinski definition) is 3. The highest BCUT2D eigenvalue weighted by atomic mass is 28.2. The number of pyridine rings is 3. The molecular weight excluding hydrogens is 761 g/mol. The third kappa shape index (κ3) is 6.27. The van der Waals surface area contributed by atoms with E-state index in [1.807, 2.05) is 67.4 Å². The van der Waals surface area contributed by atoms with Crippen molar-refractivity contribution in [1.29, 1.82) is 0 Å². The second kappa shape index (κ2) is 14.8. The lowest BCUT2D eigenvalue weighted by atomic mass is 9.86. The van der Waals surface area contributed by atoms with Crippen LogP contribution in [0.15, 0.2) is 170 Å². The van der Waals surface area contributed by atoms with Crippen LogP contribution < -0.4 is 9.65 Å². The van der Waals surface area contributed by atoms with E-state index in [2.05, 4.69) is 144 Å². The lowest BCUT2D eigenvalue weighted by Crippen LogP contribution is -2.03. The van der Waals surface area contributed by atoms with Crippen LogP contribution in [0.3, 0.4) is 0 Å². The van der Waals surface area contributed by atoms with E-state index in [1.165, 1.54) is 60.2 Å². The molecule has 6 aromatic heterocycles. The topological polar surface area (TPSA) is 82.7 Å². The van der Waals surface area contributed by atoms with Crippen molar-refractivity contribution in [3.63, 3.8) is 0 Å². The largest absolute Gasteiger partial charge is 0.658 e. The average molecular weight is 800 g/mol. The van der Waals surface area contributed by atoms with Gasteiger partial charge in [0.15, 0.2) is 5.69 Å². The number of fused-ring (bicyclic) bond motifs is 2. The Morgan fingerprint density at radius 2 is 1.30 bits per heavy atom. The third-order valence-electron chi connectivity index (χ3n) is 12.0. The maximum absolute atomic E-state index is 5.36. The van der Waals surface area contributed by atoms with E-state index >= 15 is 0 Å². The highest BCUT2D eigenvalue weighted by Gasteiger charge is 2.22. The maximum Gasteiger partial charge on any atom is 0.352 e. The van der Waals surface area contributed by atoms with E-state index in [9.17, 15) is 0 Å². The number of aryl methyl sites for hydroxylation is 2. The van der Waals surface area contributed by atoms with E-state index in [0.717, 1.165) is 61.6 Å². The van der Waals surface area contributed by atoms with Crippen molar-refractivity contribution >= 4 is 42.1 Å². The third-order valence-corrected chi connectivity index (χ3v) is 14.6. The van der Waals surface area contributed by atoms with Gasteiger partial charge in [-0.25, -0.2) is 10.2 Å². The molecule has 290 valence electrons. The highest BCUT2D eigenvalue weighted by molar-refractivity contribution is 6.69. The molecule has 0 saturated carbocycles. The molecule has 61 heavy (non-hydrogen) atoms. The van der Waals surface area contributed by atoms with Crippen molar-refractivity contribution in [1.82, 2.24) is 29.6 Å². The first-order valence-electron chi connectivity index (χ1n) is 20.6. The fourth-order valence-corrected chi connectivity index (χ4v) is 11.8. The molecule has 1 aliphatic rings. The molecule has 0 aliphatic carbocycles. The molecule has 6 nitrogen and oxygen atoms in total. The summed E-state index contributed by atoms with van der Waals surface area (Å²) in [4.78, 5) is 23.4. The molecule has 1 aliphatic heterocycles. The summed E-state index contributed by atoms with van der Waals surface area (Å²) in [5.41, 5.74) is 19.6. The van der Waals surface area contributed by atoms with E-state index in [1.54, 1.807) is 0 Å². The minimum Gasteiger partial charge on any atom is -0.658 e. The first-order valence-corrected chi connectivity index (χ1v) is 22.6. The number of para-hydroxylation sites is 2. The number of allylic oxidation sites excluding steroid dienone is 2. The number of nitrogens with zero attached hydrogens (tertiary/aromatic N) is 5. The van der Waals surface area contributed by atoms with Crippen molar-refractivity contribution in [3.05, 3.63) is 187 Å². The second-order valence-corrected chi connectivity index (χ2v) is 17.9. The molecule has 1 N–H and O–H groups in total. The van der Waals surface area contributed by atoms with Crippen molar-refractivity contribution in [3.8, 4) is 77.5 Å². The molecule has 0 saturated heterocycles. The number of aromatic amines is 1. The van der Waals surface area contributed by atoms with Crippen LogP contribution in [0.4, 0.5) is 0 Å². The Hall–Kier alpha value is -7.70. The predicted molar refractivity (Wildman–Crippen MR) is 254 cm³/mol.